The molecule has 2 aromatic carbocycles. The van der Waals surface area contributed by atoms with Crippen molar-refractivity contribution in [3.8, 4) is 11.1 Å². The van der Waals surface area contributed by atoms with E-state index in [0.29, 0.717) is 26.2 Å². The number of hydrogen-bond donors (Lipinski definition) is 6. The fourth-order valence-electron chi connectivity index (χ4n) is 4.06. The Hall–Kier alpha value is -1.88. The van der Waals surface area contributed by atoms with E-state index < -0.39 is 0 Å². The lowest BCUT2D eigenvalue weighted by Crippen LogP contribution is -2.38. The Bertz CT molecular complexity index is 707. The summed E-state index contributed by atoms with van der Waals surface area (Å²) >= 11 is 0. The van der Waals surface area contributed by atoms with Crippen molar-refractivity contribution in [1.29, 1.82) is 0 Å². The van der Waals surface area contributed by atoms with Crippen LogP contribution >= 0.6 is 0 Å². The van der Waals surface area contributed by atoms with Gasteiger partial charge in [0, 0.05) is 91.6 Å². The predicted octanol–water partition coefficient (Wildman–Crippen LogP) is -0.0284. The second kappa shape index (κ2) is 17.5. The summed E-state index contributed by atoms with van der Waals surface area (Å²) in [7, 11) is 0. The van der Waals surface area contributed by atoms with Crippen LogP contribution in [0.4, 0.5) is 0 Å². The van der Waals surface area contributed by atoms with Gasteiger partial charge in [0.2, 0.25) is 0 Å². The zero-order chi connectivity index (χ0) is 24.4. The number of hydrogen-bond acceptors (Lipinski definition) is 8. The fraction of sp³-hybridized carbons (Fsp3) is 0.538. The van der Waals surface area contributed by atoms with Gasteiger partial charge < -0.3 is 33.6 Å². The molecule has 0 bridgehead atoms. The van der Waals surface area contributed by atoms with Gasteiger partial charge in [0.05, 0.1) is 0 Å². The van der Waals surface area contributed by atoms with E-state index in [9.17, 15) is 0 Å². The van der Waals surface area contributed by atoms with Gasteiger partial charge in [0.15, 0.2) is 0 Å². The zero-order valence-electron chi connectivity index (χ0n) is 20.7. The third-order valence-corrected chi connectivity index (χ3v) is 5.84. The van der Waals surface area contributed by atoms with Crippen molar-refractivity contribution in [1.82, 2.24) is 20.4 Å². The molecule has 34 heavy (non-hydrogen) atoms. The maximum atomic E-state index is 5.69. The molecule has 0 saturated heterocycles. The third kappa shape index (κ3) is 11.0. The largest absolute Gasteiger partial charge is 0.329 e. The lowest BCUT2D eigenvalue weighted by atomic mass is 10.0. The summed E-state index contributed by atoms with van der Waals surface area (Å²) in [4.78, 5) is 4.61. The van der Waals surface area contributed by atoms with Crippen LogP contribution in [0.2, 0.25) is 0 Å². The molecule has 0 unspecified atom stereocenters. The van der Waals surface area contributed by atoms with Crippen LogP contribution in [0.5, 0.6) is 0 Å². The summed E-state index contributed by atoms with van der Waals surface area (Å²) in [5, 5.41) is 7.09. The summed E-state index contributed by atoms with van der Waals surface area (Å²) in [6.07, 6.45) is 0. The highest BCUT2D eigenvalue weighted by Crippen LogP contribution is 2.21. The van der Waals surface area contributed by atoms with E-state index in [1.54, 1.807) is 0 Å². The van der Waals surface area contributed by atoms with Crippen LogP contribution in [0.15, 0.2) is 48.5 Å². The molecule has 0 heterocycles. The molecule has 0 aliphatic carbocycles. The Balaban J connectivity index is 1.83. The van der Waals surface area contributed by atoms with Crippen LogP contribution in [0, 0.1) is 0 Å². The first-order valence-corrected chi connectivity index (χ1v) is 12.5. The van der Waals surface area contributed by atoms with Crippen LogP contribution in [0.3, 0.4) is 0 Å². The van der Waals surface area contributed by atoms with Gasteiger partial charge in [-0.1, -0.05) is 36.4 Å². The molecular weight excluding hydrogens is 424 g/mol. The summed E-state index contributed by atoms with van der Waals surface area (Å²) in [6.45, 7) is 11.6. The standard InChI is InChI=1S/C26H46N8/c27-7-13-33(14-8-28)17-11-31-21-23-3-1-5-25(19-23)26-6-2-4-24(20-26)22-32-12-18-34(15-9-29)16-10-30/h1-6,19-20,31-32H,7-18,21-22,27-30H2. The Morgan fingerprint density at radius 1 is 0.529 bits per heavy atom. The van der Waals surface area contributed by atoms with Gasteiger partial charge in [0.1, 0.15) is 0 Å². The Morgan fingerprint density at radius 2 is 0.912 bits per heavy atom. The van der Waals surface area contributed by atoms with E-state index in [-0.39, 0.29) is 0 Å². The van der Waals surface area contributed by atoms with Gasteiger partial charge in [-0.15, -0.1) is 0 Å². The first-order valence-electron chi connectivity index (χ1n) is 12.5. The van der Waals surface area contributed by atoms with Crippen LogP contribution < -0.4 is 33.6 Å². The highest BCUT2D eigenvalue weighted by atomic mass is 15.2. The Kier molecular flexibility index (Phi) is 14.6. The second-order valence-corrected chi connectivity index (χ2v) is 8.59. The highest BCUT2D eigenvalue weighted by molar-refractivity contribution is 5.64. The maximum absolute atomic E-state index is 5.69. The van der Waals surface area contributed by atoms with Crippen molar-refractivity contribution in [2.75, 3.05) is 78.5 Å². The predicted molar refractivity (Wildman–Crippen MR) is 144 cm³/mol. The monoisotopic (exact) mass is 470 g/mol. The molecule has 0 saturated carbocycles. The van der Waals surface area contributed by atoms with Crippen molar-refractivity contribution >= 4 is 0 Å². The van der Waals surface area contributed by atoms with Crippen molar-refractivity contribution in [3.05, 3.63) is 59.7 Å². The summed E-state index contributed by atoms with van der Waals surface area (Å²) in [6, 6.07) is 17.5. The molecule has 2 aromatic rings. The Labute approximate surface area is 206 Å². The fourth-order valence-corrected chi connectivity index (χ4v) is 4.06. The first-order chi connectivity index (χ1) is 16.7. The number of nitrogens with two attached hydrogens (primary N) is 4. The summed E-state index contributed by atoms with van der Waals surface area (Å²) in [5.74, 6) is 0. The molecule has 0 fully saturated rings. The van der Waals surface area contributed by atoms with Gasteiger partial charge in [-0.3, -0.25) is 9.80 Å². The molecule has 0 amide bonds. The first kappa shape index (κ1) is 28.4. The molecule has 190 valence electrons. The van der Waals surface area contributed by atoms with E-state index in [2.05, 4.69) is 69.0 Å². The van der Waals surface area contributed by atoms with Gasteiger partial charge in [0.25, 0.3) is 0 Å². The van der Waals surface area contributed by atoms with E-state index in [4.69, 9.17) is 22.9 Å². The third-order valence-electron chi connectivity index (χ3n) is 5.84. The molecule has 8 heteroatoms. The minimum atomic E-state index is 0.664. The molecule has 2 rings (SSSR count). The van der Waals surface area contributed by atoms with Gasteiger partial charge in [-0.2, -0.15) is 0 Å². The number of nitrogens with one attached hydrogen (secondary N) is 2. The second-order valence-electron chi connectivity index (χ2n) is 8.59. The molecule has 0 spiro atoms. The zero-order valence-corrected chi connectivity index (χ0v) is 20.7. The lowest BCUT2D eigenvalue weighted by Gasteiger charge is -2.21. The van der Waals surface area contributed by atoms with Crippen molar-refractivity contribution in [3.63, 3.8) is 0 Å². The molecule has 0 radical (unpaired) electrons. The van der Waals surface area contributed by atoms with E-state index in [1.165, 1.54) is 22.3 Å². The SMILES string of the molecule is NCCN(CCN)CCNCc1cccc(-c2cccc(CNCCN(CCN)CCN)c2)c1. The number of rotatable bonds is 19. The molecule has 0 aliphatic rings. The van der Waals surface area contributed by atoms with E-state index >= 15 is 0 Å². The normalized spacial score (nSPS) is 11.6. The van der Waals surface area contributed by atoms with Crippen LogP contribution in [-0.2, 0) is 13.1 Å². The van der Waals surface area contributed by atoms with E-state index in [0.717, 1.165) is 65.4 Å². The molecule has 8 nitrogen and oxygen atoms in total. The van der Waals surface area contributed by atoms with Crippen molar-refractivity contribution in [2.24, 2.45) is 22.9 Å². The van der Waals surface area contributed by atoms with E-state index in [1.807, 2.05) is 0 Å². The van der Waals surface area contributed by atoms with Crippen molar-refractivity contribution < 1.29 is 0 Å². The molecule has 0 aliphatic heterocycles. The molecule has 10 N–H and O–H groups in total. The van der Waals surface area contributed by atoms with Gasteiger partial charge >= 0.3 is 0 Å². The molecule has 0 aromatic heterocycles. The van der Waals surface area contributed by atoms with Crippen molar-refractivity contribution in [2.45, 2.75) is 13.1 Å². The number of nitrogens with zero attached hydrogens (tertiary/aromatic N) is 2. The average Bonchev–Trinajstić information content (AvgIpc) is 2.85. The quantitative estimate of drug-likeness (QED) is 0.158. The lowest BCUT2D eigenvalue weighted by molar-refractivity contribution is 0.287. The van der Waals surface area contributed by atoms with Crippen LogP contribution in [0.25, 0.3) is 11.1 Å². The minimum absolute atomic E-state index is 0.664. The topological polar surface area (TPSA) is 135 Å². The Morgan fingerprint density at radius 3 is 1.26 bits per heavy atom. The smallest absolute Gasteiger partial charge is 0.0206 e. The van der Waals surface area contributed by atoms with Gasteiger partial charge in [-0.25, -0.2) is 0 Å². The summed E-state index contributed by atoms with van der Waals surface area (Å²) in [5.41, 5.74) is 27.8. The highest BCUT2D eigenvalue weighted by Gasteiger charge is 2.05. The molecular formula is C26H46N8. The van der Waals surface area contributed by atoms with Crippen LogP contribution in [0.1, 0.15) is 11.1 Å². The summed E-state index contributed by atoms with van der Waals surface area (Å²) < 4.78 is 0. The maximum Gasteiger partial charge on any atom is 0.0206 e. The minimum Gasteiger partial charge on any atom is -0.329 e. The average molecular weight is 471 g/mol. The van der Waals surface area contributed by atoms with Gasteiger partial charge in [-0.05, 0) is 34.4 Å². The number of benzene rings is 2. The van der Waals surface area contributed by atoms with Crippen LogP contribution in [-0.4, -0.2) is 88.3 Å². The molecule has 0 atom stereocenters.